The number of rotatable bonds is 6. The van der Waals surface area contributed by atoms with Gasteiger partial charge in [-0.25, -0.2) is 9.18 Å². The van der Waals surface area contributed by atoms with E-state index in [4.69, 9.17) is 0 Å². The van der Waals surface area contributed by atoms with Gasteiger partial charge in [-0.2, -0.15) is 9.78 Å². The van der Waals surface area contributed by atoms with Crippen molar-refractivity contribution < 1.29 is 9.18 Å². The Hall–Kier alpha value is -3.55. The molecule has 3 rings (SSSR count). The van der Waals surface area contributed by atoms with Crippen LogP contribution in [0.4, 0.5) is 4.39 Å². The third-order valence-electron chi connectivity index (χ3n) is 4.77. The van der Waals surface area contributed by atoms with E-state index in [2.05, 4.69) is 10.4 Å². The number of carbonyl (C=O) groups excluding carboxylic acids is 1. The van der Waals surface area contributed by atoms with Crippen molar-refractivity contribution in [2.24, 2.45) is 0 Å². The van der Waals surface area contributed by atoms with Gasteiger partial charge in [-0.1, -0.05) is 36.8 Å². The fourth-order valence-corrected chi connectivity index (χ4v) is 2.86. The monoisotopic (exact) mass is 410 g/mol. The number of nitrogens with zero attached hydrogens (tertiary/aromatic N) is 3. The van der Waals surface area contributed by atoms with Gasteiger partial charge in [0.1, 0.15) is 5.82 Å². The van der Waals surface area contributed by atoms with Crippen LogP contribution in [0.1, 0.15) is 41.9 Å². The third-order valence-corrected chi connectivity index (χ3v) is 4.77. The molecule has 1 unspecified atom stereocenters. The molecule has 1 heterocycles. The molecule has 7 nitrogen and oxygen atoms in total. The number of benzene rings is 2. The first-order valence-electron chi connectivity index (χ1n) is 9.66. The number of hydrogen-bond donors (Lipinski definition) is 1. The molecule has 0 saturated carbocycles. The van der Waals surface area contributed by atoms with Crippen LogP contribution in [0.5, 0.6) is 0 Å². The Morgan fingerprint density at radius 2 is 1.87 bits per heavy atom. The van der Waals surface area contributed by atoms with Crippen LogP contribution in [0, 0.1) is 12.7 Å². The molecule has 1 amide bonds. The van der Waals surface area contributed by atoms with Gasteiger partial charge in [0.05, 0.1) is 12.2 Å². The van der Waals surface area contributed by atoms with Crippen molar-refractivity contribution in [2.75, 3.05) is 0 Å². The summed E-state index contributed by atoms with van der Waals surface area (Å²) in [4.78, 5) is 38.7. The molecule has 0 bridgehead atoms. The lowest BCUT2D eigenvalue weighted by molar-refractivity contribution is 0.0929. The number of carbonyl (C=O) groups is 1. The van der Waals surface area contributed by atoms with Crippen LogP contribution in [0.15, 0.2) is 58.1 Å². The zero-order chi connectivity index (χ0) is 21.8. The molecule has 0 aliphatic rings. The second-order valence-corrected chi connectivity index (χ2v) is 7.18. The van der Waals surface area contributed by atoms with E-state index < -0.39 is 28.7 Å². The van der Waals surface area contributed by atoms with Crippen LogP contribution in [0.2, 0.25) is 0 Å². The summed E-state index contributed by atoms with van der Waals surface area (Å²) in [6.45, 7) is 5.41. The first-order valence-corrected chi connectivity index (χ1v) is 9.66. The second kappa shape index (κ2) is 8.86. The summed E-state index contributed by atoms with van der Waals surface area (Å²) < 4.78 is 15.5. The zero-order valence-electron chi connectivity index (χ0n) is 17.1. The number of halogens is 1. The van der Waals surface area contributed by atoms with Gasteiger partial charge >= 0.3 is 5.69 Å². The predicted molar refractivity (Wildman–Crippen MR) is 112 cm³/mol. The molecule has 156 valence electrons. The number of nitrogens with one attached hydrogen (secondary N) is 1. The Bertz CT molecular complexity index is 1180. The first-order chi connectivity index (χ1) is 14.3. The fourth-order valence-electron chi connectivity index (χ4n) is 2.86. The fraction of sp³-hybridized carbons (Fsp3) is 0.273. The molecule has 1 atom stereocenters. The number of aromatic nitrogens is 3. The average molecular weight is 410 g/mol. The van der Waals surface area contributed by atoms with Crippen molar-refractivity contribution in [2.45, 2.75) is 39.8 Å². The van der Waals surface area contributed by atoms with E-state index >= 15 is 0 Å². The van der Waals surface area contributed by atoms with Crippen LogP contribution in [-0.2, 0) is 6.54 Å². The maximum absolute atomic E-state index is 13.6. The topological polar surface area (TPSA) is 86.0 Å². The number of amides is 1. The maximum atomic E-state index is 13.6. The average Bonchev–Trinajstić information content (AvgIpc) is 2.72. The summed E-state index contributed by atoms with van der Waals surface area (Å²) in [5.74, 6) is -1.15. The summed E-state index contributed by atoms with van der Waals surface area (Å²) in [7, 11) is 0. The number of aryl methyl sites for hydroxylation is 1. The molecule has 30 heavy (non-hydrogen) atoms. The molecule has 0 aliphatic carbocycles. The Morgan fingerprint density at radius 3 is 2.50 bits per heavy atom. The Morgan fingerprint density at radius 1 is 1.17 bits per heavy atom. The molecule has 0 radical (unpaired) electrons. The van der Waals surface area contributed by atoms with E-state index in [0.29, 0.717) is 17.7 Å². The quantitative estimate of drug-likeness (QED) is 0.676. The summed E-state index contributed by atoms with van der Waals surface area (Å²) in [5, 5.41) is 6.77. The molecular formula is C22H23FN4O3. The van der Waals surface area contributed by atoms with Crippen molar-refractivity contribution >= 4 is 5.91 Å². The van der Waals surface area contributed by atoms with Crippen molar-refractivity contribution in [1.82, 2.24) is 19.7 Å². The van der Waals surface area contributed by atoms with Gasteiger partial charge in [-0.3, -0.25) is 14.2 Å². The van der Waals surface area contributed by atoms with Crippen LogP contribution in [0.3, 0.4) is 0 Å². The van der Waals surface area contributed by atoms with E-state index in [0.717, 1.165) is 14.8 Å². The Labute approximate surface area is 172 Å². The molecule has 1 aromatic heterocycles. The first kappa shape index (κ1) is 21.2. The highest BCUT2D eigenvalue weighted by molar-refractivity contribution is 5.91. The van der Waals surface area contributed by atoms with Crippen LogP contribution >= 0.6 is 0 Å². The lowest BCUT2D eigenvalue weighted by Gasteiger charge is -2.14. The van der Waals surface area contributed by atoms with E-state index in [-0.39, 0.29) is 12.6 Å². The zero-order valence-corrected chi connectivity index (χ0v) is 17.1. The molecule has 0 fully saturated rings. The normalized spacial score (nSPS) is 11.9. The lowest BCUT2D eigenvalue weighted by atomic mass is 10.2. The van der Waals surface area contributed by atoms with Crippen molar-refractivity contribution in [3.05, 3.63) is 92.0 Å². The van der Waals surface area contributed by atoms with Gasteiger partial charge in [0, 0.05) is 6.04 Å². The molecule has 0 spiro atoms. The molecule has 8 heteroatoms. The van der Waals surface area contributed by atoms with Crippen LogP contribution in [0.25, 0.3) is 5.69 Å². The largest absolute Gasteiger partial charge is 0.352 e. The molecular weight excluding hydrogens is 387 g/mol. The Kier molecular flexibility index (Phi) is 6.25. The van der Waals surface area contributed by atoms with Crippen molar-refractivity contribution in [3.63, 3.8) is 0 Å². The van der Waals surface area contributed by atoms with Crippen molar-refractivity contribution in [3.8, 4) is 5.69 Å². The minimum Gasteiger partial charge on any atom is -0.348 e. The lowest BCUT2D eigenvalue weighted by Crippen LogP contribution is -2.47. The standard InChI is InChI=1S/C22H23FN4O3/c1-4-15(3)24-20(28)19-21(29)26(13-16-6-5-7-17(23)12-16)22(30)27(25-19)18-10-8-14(2)9-11-18/h5-12,15H,4,13H2,1-3H3,(H,24,28). The summed E-state index contributed by atoms with van der Waals surface area (Å²) in [5.41, 5.74) is -0.122. The minimum atomic E-state index is -0.826. The predicted octanol–water partition coefficient (Wildman–Crippen LogP) is 2.42. The highest BCUT2D eigenvalue weighted by atomic mass is 19.1. The van der Waals surface area contributed by atoms with E-state index in [1.807, 2.05) is 13.8 Å². The SMILES string of the molecule is CCC(C)NC(=O)c1nn(-c2ccc(C)cc2)c(=O)n(Cc2cccc(F)c2)c1=O. The summed E-state index contributed by atoms with van der Waals surface area (Å²) in [6, 6.07) is 12.4. The van der Waals surface area contributed by atoms with E-state index in [1.54, 1.807) is 37.3 Å². The van der Waals surface area contributed by atoms with Gasteiger partial charge < -0.3 is 5.32 Å². The minimum absolute atomic E-state index is 0.171. The summed E-state index contributed by atoms with van der Waals surface area (Å²) >= 11 is 0. The van der Waals surface area contributed by atoms with Crippen LogP contribution < -0.4 is 16.6 Å². The smallest absolute Gasteiger partial charge is 0.348 e. The van der Waals surface area contributed by atoms with Gasteiger partial charge in [-0.05, 0) is 50.1 Å². The highest BCUT2D eigenvalue weighted by Gasteiger charge is 2.21. The molecule has 1 N–H and O–H groups in total. The van der Waals surface area contributed by atoms with Gasteiger partial charge in [0.2, 0.25) is 5.69 Å². The van der Waals surface area contributed by atoms with Gasteiger partial charge in [0.15, 0.2) is 0 Å². The highest BCUT2D eigenvalue weighted by Crippen LogP contribution is 2.07. The molecule has 2 aromatic carbocycles. The van der Waals surface area contributed by atoms with Crippen LogP contribution in [-0.4, -0.2) is 26.3 Å². The molecule has 0 aliphatic heterocycles. The third kappa shape index (κ3) is 4.53. The second-order valence-electron chi connectivity index (χ2n) is 7.18. The van der Waals surface area contributed by atoms with Gasteiger partial charge in [0.25, 0.3) is 11.5 Å². The van der Waals surface area contributed by atoms with E-state index in [9.17, 15) is 18.8 Å². The molecule has 0 saturated heterocycles. The Balaban J connectivity index is 2.18. The van der Waals surface area contributed by atoms with Crippen molar-refractivity contribution in [1.29, 1.82) is 0 Å². The number of hydrogen-bond acceptors (Lipinski definition) is 4. The van der Waals surface area contributed by atoms with E-state index in [1.165, 1.54) is 18.2 Å². The molecule has 3 aromatic rings. The summed E-state index contributed by atoms with van der Waals surface area (Å²) in [6.07, 6.45) is 0.667. The van der Waals surface area contributed by atoms with Gasteiger partial charge in [-0.15, -0.1) is 0 Å². The maximum Gasteiger partial charge on any atom is 0.352 e.